The number of carbonyl (C=O) groups excluding carboxylic acids is 1. The summed E-state index contributed by atoms with van der Waals surface area (Å²) in [6, 6.07) is 4.05. The van der Waals surface area contributed by atoms with E-state index in [0.29, 0.717) is 0 Å². The molecule has 2 saturated heterocycles. The molecule has 2 aliphatic rings. The number of aromatic nitrogens is 3. The molecule has 2 aromatic heterocycles. The smallest absolute Gasteiger partial charge is 0.237 e. The van der Waals surface area contributed by atoms with Gasteiger partial charge >= 0.3 is 0 Å². The molecule has 2 aromatic rings. The van der Waals surface area contributed by atoms with E-state index in [1.807, 2.05) is 23.2 Å². The van der Waals surface area contributed by atoms with Gasteiger partial charge in [-0.2, -0.15) is 5.26 Å². The minimum atomic E-state index is -0.184. The molecule has 0 aliphatic carbocycles. The first-order valence-electron chi connectivity index (χ1n) is 9.44. The van der Waals surface area contributed by atoms with Gasteiger partial charge in [0.25, 0.3) is 0 Å². The lowest BCUT2D eigenvalue weighted by Gasteiger charge is -2.49. The molecule has 0 radical (unpaired) electrons. The van der Waals surface area contributed by atoms with Crippen molar-refractivity contribution in [3.8, 4) is 6.07 Å². The molecule has 0 bridgehead atoms. The fraction of sp³-hybridized carbons (Fsp3) is 0.579. The van der Waals surface area contributed by atoms with E-state index in [-0.39, 0.29) is 17.9 Å². The van der Waals surface area contributed by atoms with E-state index in [9.17, 15) is 4.79 Å². The lowest BCUT2D eigenvalue weighted by Crippen LogP contribution is -2.60. The van der Waals surface area contributed by atoms with Crippen LogP contribution < -0.4 is 4.90 Å². The molecule has 1 N–H and O–H groups in total. The lowest BCUT2D eigenvalue weighted by atomic mass is 9.83. The number of nitrogens with one attached hydrogen (secondary N) is 1. The highest BCUT2D eigenvalue weighted by Gasteiger charge is 2.43. The minimum Gasteiger partial charge on any atom is -0.354 e. The van der Waals surface area contributed by atoms with Gasteiger partial charge in [-0.05, 0) is 31.7 Å². The Labute approximate surface area is 153 Å². The predicted octanol–water partition coefficient (Wildman–Crippen LogP) is 2.61. The molecule has 1 unspecified atom stereocenters. The first-order chi connectivity index (χ1) is 12.7. The van der Waals surface area contributed by atoms with Crippen LogP contribution in [-0.4, -0.2) is 50.9 Å². The van der Waals surface area contributed by atoms with Gasteiger partial charge in [-0.25, -0.2) is 9.97 Å². The van der Waals surface area contributed by atoms with Crippen LogP contribution >= 0.6 is 0 Å². The molecule has 1 amide bonds. The quantitative estimate of drug-likeness (QED) is 0.897. The SMILES string of the molecule is N#CCC(=O)N1CCCCCC12CCCN(c1ncnc3[nH]ccc13)C2. The Balaban J connectivity index is 1.68. The number of likely N-dealkylation sites (tertiary alicyclic amines) is 1. The number of piperidine rings is 1. The molecule has 7 heteroatoms. The number of amides is 1. The lowest BCUT2D eigenvalue weighted by molar-refractivity contribution is -0.137. The number of hydrogen-bond acceptors (Lipinski definition) is 5. The van der Waals surface area contributed by atoms with Crippen LogP contribution in [0.25, 0.3) is 11.0 Å². The van der Waals surface area contributed by atoms with E-state index in [4.69, 9.17) is 5.26 Å². The van der Waals surface area contributed by atoms with Gasteiger partial charge in [0.05, 0.1) is 17.0 Å². The van der Waals surface area contributed by atoms with E-state index in [1.165, 1.54) is 0 Å². The Morgan fingerprint density at radius 3 is 3.00 bits per heavy atom. The molecule has 4 rings (SSSR count). The molecule has 2 aliphatic heterocycles. The minimum absolute atomic E-state index is 0.0225. The Hall–Kier alpha value is -2.62. The maximum absolute atomic E-state index is 12.7. The van der Waals surface area contributed by atoms with Crippen LogP contribution in [0.15, 0.2) is 18.6 Å². The second kappa shape index (κ2) is 6.94. The van der Waals surface area contributed by atoms with Gasteiger partial charge in [0.2, 0.25) is 5.91 Å². The van der Waals surface area contributed by atoms with Crippen LogP contribution in [0.5, 0.6) is 0 Å². The van der Waals surface area contributed by atoms with Crippen LogP contribution in [0.2, 0.25) is 0 Å². The van der Waals surface area contributed by atoms with E-state index in [2.05, 4.69) is 19.9 Å². The summed E-state index contributed by atoms with van der Waals surface area (Å²) >= 11 is 0. The maximum Gasteiger partial charge on any atom is 0.237 e. The van der Waals surface area contributed by atoms with Gasteiger partial charge in [-0.1, -0.05) is 12.8 Å². The van der Waals surface area contributed by atoms with Gasteiger partial charge in [0.1, 0.15) is 24.2 Å². The van der Waals surface area contributed by atoms with Crippen molar-refractivity contribution >= 4 is 22.8 Å². The Morgan fingerprint density at radius 1 is 1.23 bits per heavy atom. The standard InChI is InChI=1S/C19H24N6O/c20-9-5-16(26)25-12-3-1-2-7-19(25)8-4-11-24(13-19)18-15-6-10-21-17(15)22-14-23-18/h6,10,14H,1-5,7-8,11-13H2,(H,21,22,23). The van der Waals surface area contributed by atoms with E-state index >= 15 is 0 Å². The number of hydrogen-bond donors (Lipinski definition) is 1. The van der Waals surface area contributed by atoms with Crippen LogP contribution in [0.3, 0.4) is 0 Å². The summed E-state index contributed by atoms with van der Waals surface area (Å²) in [6.45, 7) is 2.47. The molecule has 0 aromatic carbocycles. The Bertz CT molecular complexity index is 840. The number of rotatable bonds is 2. The number of carbonyl (C=O) groups is 1. The van der Waals surface area contributed by atoms with Gasteiger partial charge in [0, 0.05) is 25.8 Å². The second-order valence-corrected chi connectivity index (χ2v) is 7.38. The molecule has 7 nitrogen and oxygen atoms in total. The number of anilines is 1. The number of aromatic amines is 1. The maximum atomic E-state index is 12.7. The highest BCUT2D eigenvalue weighted by Crippen LogP contribution is 2.38. The largest absolute Gasteiger partial charge is 0.354 e. The van der Waals surface area contributed by atoms with Crippen LogP contribution in [0.1, 0.15) is 44.9 Å². The fourth-order valence-electron chi connectivity index (χ4n) is 4.65. The Kier molecular flexibility index (Phi) is 4.49. The van der Waals surface area contributed by atoms with Crippen LogP contribution in [0, 0.1) is 11.3 Å². The zero-order valence-corrected chi connectivity index (χ0v) is 14.9. The fourth-order valence-corrected chi connectivity index (χ4v) is 4.65. The van der Waals surface area contributed by atoms with Gasteiger partial charge in [-0.15, -0.1) is 0 Å². The van der Waals surface area contributed by atoms with E-state index in [1.54, 1.807) is 6.33 Å². The summed E-state index contributed by atoms with van der Waals surface area (Å²) in [4.78, 5) is 29.0. The van der Waals surface area contributed by atoms with Crippen molar-refractivity contribution in [2.24, 2.45) is 0 Å². The summed E-state index contributed by atoms with van der Waals surface area (Å²) < 4.78 is 0. The van der Waals surface area contributed by atoms with Crippen molar-refractivity contribution in [2.75, 3.05) is 24.5 Å². The van der Waals surface area contributed by atoms with Crippen LogP contribution in [0.4, 0.5) is 5.82 Å². The first-order valence-corrected chi connectivity index (χ1v) is 9.44. The van der Waals surface area contributed by atoms with Crippen molar-refractivity contribution in [3.05, 3.63) is 18.6 Å². The Morgan fingerprint density at radius 2 is 2.12 bits per heavy atom. The third kappa shape index (κ3) is 2.90. The zero-order chi connectivity index (χ0) is 18.0. The normalized spacial score (nSPS) is 23.8. The third-order valence-electron chi connectivity index (χ3n) is 5.82. The summed E-state index contributed by atoms with van der Waals surface area (Å²) in [7, 11) is 0. The highest BCUT2D eigenvalue weighted by molar-refractivity contribution is 5.87. The molecule has 1 spiro atoms. The summed E-state index contributed by atoms with van der Waals surface area (Å²) in [5.74, 6) is 0.915. The number of nitrogens with zero attached hydrogens (tertiary/aromatic N) is 5. The van der Waals surface area contributed by atoms with Crippen molar-refractivity contribution in [1.82, 2.24) is 19.9 Å². The predicted molar refractivity (Wildman–Crippen MR) is 98.5 cm³/mol. The molecular formula is C19H24N6O. The number of fused-ring (bicyclic) bond motifs is 1. The first kappa shape index (κ1) is 16.8. The average molecular weight is 352 g/mol. The van der Waals surface area contributed by atoms with Crippen molar-refractivity contribution in [2.45, 2.75) is 50.5 Å². The zero-order valence-electron chi connectivity index (χ0n) is 14.9. The summed E-state index contributed by atoms with van der Waals surface area (Å²) in [5.41, 5.74) is 0.656. The molecule has 0 saturated carbocycles. The summed E-state index contributed by atoms with van der Waals surface area (Å²) in [6.07, 6.45) is 9.78. The highest BCUT2D eigenvalue weighted by atomic mass is 16.2. The topological polar surface area (TPSA) is 88.9 Å². The molecule has 4 heterocycles. The van der Waals surface area contributed by atoms with E-state index < -0.39 is 0 Å². The van der Waals surface area contributed by atoms with Gasteiger partial charge in [0.15, 0.2) is 0 Å². The monoisotopic (exact) mass is 352 g/mol. The number of nitriles is 1. The van der Waals surface area contributed by atoms with E-state index in [0.717, 1.165) is 75.0 Å². The molecule has 2 fully saturated rings. The number of H-pyrrole nitrogens is 1. The van der Waals surface area contributed by atoms with Crippen molar-refractivity contribution < 1.29 is 4.79 Å². The third-order valence-corrected chi connectivity index (χ3v) is 5.82. The van der Waals surface area contributed by atoms with Gasteiger partial charge in [-0.3, -0.25) is 4.79 Å². The molecular weight excluding hydrogens is 328 g/mol. The molecule has 1 atom stereocenters. The van der Waals surface area contributed by atoms with Crippen LogP contribution in [-0.2, 0) is 4.79 Å². The second-order valence-electron chi connectivity index (χ2n) is 7.38. The van der Waals surface area contributed by atoms with Gasteiger partial charge < -0.3 is 14.8 Å². The van der Waals surface area contributed by atoms with Crippen molar-refractivity contribution in [1.29, 1.82) is 5.26 Å². The van der Waals surface area contributed by atoms with Crippen molar-refractivity contribution in [3.63, 3.8) is 0 Å². The molecule has 26 heavy (non-hydrogen) atoms. The molecule has 136 valence electrons. The summed E-state index contributed by atoms with van der Waals surface area (Å²) in [5, 5.41) is 10.0. The average Bonchev–Trinajstić information content (AvgIpc) is 3.05.